The molecular formula is C13H24N4. The van der Waals surface area contributed by atoms with Gasteiger partial charge in [-0.3, -0.25) is 9.58 Å². The fraction of sp³-hybridized carbons (Fsp3) is 0.769. The lowest BCUT2D eigenvalue weighted by Gasteiger charge is -2.31. The van der Waals surface area contributed by atoms with E-state index in [1.807, 2.05) is 0 Å². The molecule has 0 radical (unpaired) electrons. The van der Waals surface area contributed by atoms with Crippen molar-refractivity contribution in [2.24, 2.45) is 11.7 Å². The Hall–Kier alpha value is -0.870. The van der Waals surface area contributed by atoms with Gasteiger partial charge < -0.3 is 5.73 Å². The molecule has 0 aromatic carbocycles. The number of piperidine rings is 1. The van der Waals surface area contributed by atoms with Crippen molar-refractivity contribution in [1.82, 2.24) is 14.7 Å². The zero-order chi connectivity index (χ0) is 12.3. The van der Waals surface area contributed by atoms with E-state index in [1.54, 1.807) is 0 Å². The van der Waals surface area contributed by atoms with E-state index < -0.39 is 0 Å². The molecule has 1 aromatic heterocycles. The Morgan fingerprint density at radius 2 is 2.12 bits per heavy atom. The summed E-state index contributed by atoms with van der Waals surface area (Å²) in [6.07, 6.45) is 2.49. The van der Waals surface area contributed by atoms with Crippen LogP contribution in [-0.4, -0.2) is 34.3 Å². The number of aryl methyl sites for hydroxylation is 2. The van der Waals surface area contributed by atoms with Gasteiger partial charge in [0.1, 0.15) is 0 Å². The van der Waals surface area contributed by atoms with Crippen LogP contribution in [-0.2, 0) is 13.1 Å². The Morgan fingerprint density at radius 1 is 1.41 bits per heavy atom. The molecular weight excluding hydrogens is 212 g/mol. The zero-order valence-corrected chi connectivity index (χ0v) is 11.0. The monoisotopic (exact) mass is 236 g/mol. The second-order valence-corrected chi connectivity index (χ2v) is 5.05. The van der Waals surface area contributed by atoms with Gasteiger partial charge in [0.25, 0.3) is 0 Å². The van der Waals surface area contributed by atoms with Crippen LogP contribution in [0.3, 0.4) is 0 Å². The Kier molecular flexibility index (Phi) is 4.18. The number of hydrogen-bond acceptors (Lipinski definition) is 3. The van der Waals surface area contributed by atoms with Crippen LogP contribution in [0.2, 0.25) is 0 Å². The molecule has 17 heavy (non-hydrogen) atoms. The largest absolute Gasteiger partial charge is 0.330 e. The van der Waals surface area contributed by atoms with Gasteiger partial charge >= 0.3 is 0 Å². The topological polar surface area (TPSA) is 47.1 Å². The molecule has 2 rings (SSSR count). The van der Waals surface area contributed by atoms with Gasteiger partial charge in [0.2, 0.25) is 0 Å². The third-order valence-corrected chi connectivity index (χ3v) is 3.71. The molecule has 0 aliphatic carbocycles. The summed E-state index contributed by atoms with van der Waals surface area (Å²) in [5.41, 5.74) is 8.19. The quantitative estimate of drug-likeness (QED) is 0.859. The lowest BCUT2D eigenvalue weighted by atomic mass is 9.97. The highest BCUT2D eigenvalue weighted by Gasteiger charge is 2.19. The molecule has 0 saturated carbocycles. The van der Waals surface area contributed by atoms with Gasteiger partial charge in [-0.25, -0.2) is 0 Å². The van der Waals surface area contributed by atoms with Gasteiger partial charge in [0.05, 0.1) is 11.4 Å². The Labute approximate surface area is 104 Å². The summed E-state index contributed by atoms with van der Waals surface area (Å²) < 4.78 is 2.12. The summed E-state index contributed by atoms with van der Waals surface area (Å²) in [5.74, 6) is 0.740. The van der Waals surface area contributed by atoms with Crippen molar-refractivity contribution in [2.45, 2.75) is 39.8 Å². The van der Waals surface area contributed by atoms with Crippen LogP contribution in [0, 0.1) is 12.8 Å². The van der Waals surface area contributed by atoms with Crippen molar-refractivity contribution >= 4 is 0 Å². The van der Waals surface area contributed by atoms with Crippen LogP contribution in [0.4, 0.5) is 0 Å². The predicted octanol–water partition coefficient (Wildman–Crippen LogP) is 1.38. The lowest BCUT2D eigenvalue weighted by molar-refractivity contribution is 0.176. The number of rotatable bonds is 4. The summed E-state index contributed by atoms with van der Waals surface area (Å²) >= 11 is 0. The summed E-state index contributed by atoms with van der Waals surface area (Å²) in [7, 11) is 0. The van der Waals surface area contributed by atoms with Crippen LogP contribution >= 0.6 is 0 Å². The first-order chi connectivity index (χ1) is 8.22. The average Bonchev–Trinajstić information content (AvgIpc) is 2.70. The average molecular weight is 236 g/mol. The maximum absolute atomic E-state index is 5.72. The van der Waals surface area contributed by atoms with E-state index in [0.717, 1.165) is 31.2 Å². The number of likely N-dealkylation sites (tertiary alicyclic amines) is 1. The van der Waals surface area contributed by atoms with Gasteiger partial charge in [-0.2, -0.15) is 5.10 Å². The van der Waals surface area contributed by atoms with Gasteiger partial charge in [-0.05, 0) is 58.3 Å². The molecule has 96 valence electrons. The first-order valence-corrected chi connectivity index (χ1v) is 6.68. The molecule has 2 heterocycles. The van der Waals surface area contributed by atoms with Crippen LogP contribution in [0.25, 0.3) is 0 Å². The number of hydrogen-bond donors (Lipinski definition) is 1. The minimum Gasteiger partial charge on any atom is -0.330 e. The maximum Gasteiger partial charge on any atom is 0.0597 e. The molecule has 4 nitrogen and oxygen atoms in total. The number of nitrogens with two attached hydrogens (primary N) is 1. The third-order valence-electron chi connectivity index (χ3n) is 3.71. The molecule has 1 aliphatic heterocycles. The van der Waals surface area contributed by atoms with Crippen molar-refractivity contribution in [3.63, 3.8) is 0 Å². The van der Waals surface area contributed by atoms with Crippen LogP contribution in [0.15, 0.2) is 6.07 Å². The van der Waals surface area contributed by atoms with Crippen molar-refractivity contribution in [3.05, 3.63) is 17.5 Å². The summed E-state index contributed by atoms with van der Waals surface area (Å²) in [6, 6.07) is 2.21. The third kappa shape index (κ3) is 3.07. The molecule has 1 fully saturated rings. The van der Waals surface area contributed by atoms with E-state index in [0.29, 0.717) is 0 Å². The molecule has 0 amide bonds. The Balaban J connectivity index is 1.92. The number of nitrogens with zero attached hydrogens (tertiary/aromatic N) is 3. The first kappa shape index (κ1) is 12.6. The van der Waals surface area contributed by atoms with E-state index in [4.69, 9.17) is 5.73 Å². The molecule has 1 aliphatic rings. The van der Waals surface area contributed by atoms with Gasteiger partial charge in [-0.1, -0.05) is 0 Å². The van der Waals surface area contributed by atoms with Crippen LogP contribution < -0.4 is 5.73 Å². The second-order valence-electron chi connectivity index (χ2n) is 5.05. The SMILES string of the molecule is CCn1nc(C)cc1CN1CCC(CN)CC1. The molecule has 0 atom stereocenters. The fourth-order valence-corrected chi connectivity index (χ4v) is 2.61. The highest BCUT2D eigenvalue weighted by atomic mass is 15.3. The normalized spacial score (nSPS) is 18.8. The highest BCUT2D eigenvalue weighted by Crippen LogP contribution is 2.18. The van der Waals surface area contributed by atoms with Crippen molar-refractivity contribution in [2.75, 3.05) is 19.6 Å². The van der Waals surface area contributed by atoms with Gasteiger partial charge in [0, 0.05) is 13.1 Å². The maximum atomic E-state index is 5.72. The number of aromatic nitrogens is 2. The molecule has 1 aromatic rings. The fourth-order valence-electron chi connectivity index (χ4n) is 2.61. The molecule has 1 saturated heterocycles. The molecule has 0 bridgehead atoms. The van der Waals surface area contributed by atoms with E-state index in [9.17, 15) is 0 Å². The van der Waals surface area contributed by atoms with Crippen molar-refractivity contribution < 1.29 is 0 Å². The standard InChI is InChI=1S/C13H24N4/c1-3-17-13(8-11(2)15-17)10-16-6-4-12(9-14)5-7-16/h8,12H,3-7,9-10,14H2,1-2H3. The van der Waals surface area contributed by atoms with E-state index in [2.05, 4.69) is 34.6 Å². The zero-order valence-electron chi connectivity index (χ0n) is 11.0. The van der Waals surface area contributed by atoms with Gasteiger partial charge in [0.15, 0.2) is 0 Å². The van der Waals surface area contributed by atoms with E-state index in [1.165, 1.54) is 31.6 Å². The molecule has 0 spiro atoms. The lowest BCUT2D eigenvalue weighted by Crippen LogP contribution is -2.36. The van der Waals surface area contributed by atoms with E-state index >= 15 is 0 Å². The Bertz CT molecular complexity index is 350. The minimum atomic E-state index is 0.740. The van der Waals surface area contributed by atoms with Crippen LogP contribution in [0.1, 0.15) is 31.2 Å². The summed E-state index contributed by atoms with van der Waals surface area (Å²) in [4.78, 5) is 2.52. The van der Waals surface area contributed by atoms with Gasteiger partial charge in [-0.15, -0.1) is 0 Å². The molecule has 0 unspecified atom stereocenters. The highest BCUT2D eigenvalue weighted by molar-refractivity contribution is 5.09. The minimum absolute atomic E-state index is 0.740. The Morgan fingerprint density at radius 3 is 2.71 bits per heavy atom. The molecule has 4 heteroatoms. The van der Waals surface area contributed by atoms with E-state index in [-0.39, 0.29) is 0 Å². The predicted molar refractivity (Wildman–Crippen MR) is 69.7 cm³/mol. The van der Waals surface area contributed by atoms with Crippen molar-refractivity contribution in [3.8, 4) is 0 Å². The van der Waals surface area contributed by atoms with Crippen molar-refractivity contribution in [1.29, 1.82) is 0 Å². The van der Waals surface area contributed by atoms with Crippen LogP contribution in [0.5, 0.6) is 0 Å². The second kappa shape index (κ2) is 5.65. The molecule has 2 N–H and O–H groups in total. The summed E-state index contributed by atoms with van der Waals surface area (Å²) in [5, 5.41) is 4.50. The smallest absolute Gasteiger partial charge is 0.0597 e. The first-order valence-electron chi connectivity index (χ1n) is 6.68. The summed E-state index contributed by atoms with van der Waals surface area (Å²) in [6.45, 7) is 9.41.